The van der Waals surface area contributed by atoms with Gasteiger partial charge in [-0.3, -0.25) is 4.79 Å². The molecule has 0 radical (unpaired) electrons. The fourth-order valence-electron chi connectivity index (χ4n) is 4.90. The van der Waals surface area contributed by atoms with Crippen molar-refractivity contribution in [3.8, 4) is 16.9 Å². The van der Waals surface area contributed by atoms with Crippen LogP contribution in [-0.4, -0.2) is 48.4 Å². The summed E-state index contributed by atoms with van der Waals surface area (Å²) in [6, 6.07) is 27.0. The molecule has 0 atom stereocenters. The lowest BCUT2D eigenvalue weighted by molar-refractivity contribution is 0.0684. The molecule has 2 heterocycles. The zero-order valence-corrected chi connectivity index (χ0v) is 22.0. The molecule has 0 saturated carbocycles. The van der Waals surface area contributed by atoms with Crippen LogP contribution in [0, 0.1) is 12.8 Å². The number of nitrogens with zero attached hydrogens (tertiary/aromatic N) is 3. The molecule has 0 N–H and O–H groups in total. The minimum absolute atomic E-state index is 0.0713. The predicted octanol–water partition coefficient (Wildman–Crippen LogP) is 5.35. The lowest BCUT2D eigenvalue weighted by Crippen LogP contribution is -2.39. The summed E-state index contributed by atoms with van der Waals surface area (Å²) in [6.45, 7) is 3.46. The van der Waals surface area contributed by atoms with Gasteiger partial charge in [-0.25, -0.2) is 13.1 Å². The van der Waals surface area contributed by atoms with E-state index in [0.29, 0.717) is 30.4 Å². The summed E-state index contributed by atoms with van der Waals surface area (Å²) in [5.41, 5.74) is 5.30. The Labute approximate surface area is 218 Å². The van der Waals surface area contributed by atoms with E-state index in [1.54, 1.807) is 28.9 Å². The highest BCUT2D eigenvalue weighted by molar-refractivity contribution is 7.90. The van der Waals surface area contributed by atoms with Crippen molar-refractivity contribution >= 4 is 15.7 Å². The molecule has 1 amide bonds. The van der Waals surface area contributed by atoms with Gasteiger partial charge >= 0.3 is 0 Å². The van der Waals surface area contributed by atoms with Crippen molar-refractivity contribution in [1.29, 1.82) is 0 Å². The van der Waals surface area contributed by atoms with E-state index in [0.717, 1.165) is 36.1 Å². The molecule has 0 bridgehead atoms. The minimum Gasteiger partial charge on any atom is -0.337 e. The highest BCUT2D eigenvalue weighted by Gasteiger charge is 2.26. The molecule has 1 aliphatic rings. The number of hydrogen-bond donors (Lipinski definition) is 0. The van der Waals surface area contributed by atoms with E-state index in [9.17, 15) is 13.2 Å². The van der Waals surface area contributed by atoms with Gasteiger partial charge in [0.1, 0.15) is 0 Å². The molecule has 0 unspecified atom stereocenters. The lowest BCUT2D eigenvalue weighted by Gasteiger charge is -2.31. The molecule has 3 aromatic carbocycles. The summed E-state index contributed by atoms with van der Waals surface area (Å²) in [4.78, 5) is 15.7. The van der Waals surface area contributed by atoms with Crippen LogP contribution in [0.5, 0.6) is 0 Å². The summed E-state index contributed by atoms with van der Waals surface area (Å²) in [5, 5.41) is 4.71. The largest absolute Gasteiger partial charge is 0.337 e. The van der Waals surface area contributed by atoms with Crippen molar-refractivity contribution in [3.05, 3.63) is 102 Å². The van der Waals surface area contributed by atoms with Crippen molar-refractivity contribution < 1.29 is 13.2 Å². The maximum Gasteiger partial charge on any atom is 0.274 e. The Morgan fingerprint density at radius 1 is 0.919 bits per heavy atom. The van der Waals surface area contributed by atoms with Crippen molar-refractivity contribution in [2.45, 2.75) is 31.1 Å². The first-order valence-corrected chi connectivity index (χ1v) is 14.5. The Kier molecular flexibility index (Phi) is 6.98. The molecule has 0 aliphatic carbocycles. The van der Waals surface area contributed by atoms with Crippen LogP contribution >= 0.6 is 0 Å². The Morgan fingerprint density at radius 3 is 2.19 bits per heavy atom. The van der Waals surface area contributed by atoms with Crippen LogP contribution in [0.4, 0.5) is 0 Å². The first-order chi connectivity index (χ1) is 17.8. The molecule has 7 heteroatoms. The molecular weight excluding hydrogens is 482 g/mol. The van der Waals surface area contributed by atoms with Gasteiger partial charge in [0.05, 0.1) is 16.3 Å². The maximum atomic E-state index is 13.5. The van der Waals surface area contributed by atoms with E-state index in [2.05, 4.69) is 24.3 Å². The molecule has 0 spiro atoms. The standard InChI is InChI=1S/C30H31N3O3S/c1-22-8-10-25(11-9-22)29-21-28(31-33(29)26-12-14-27(15-13-26)37(2,35)36)30(34)32-18-16-24(17-19-32)20-23-6-4-3-5-7-23/h3-15,21,24H,16-20H2,1-2H3. The van der Waals surface area contributed by atoms with Crippen molar-refractivity contribution in [2.75, 3.05) is 19.3 Å². The van der Waals surface area contributed by atoms with Crippen LogP contribution in [0.1, 0.15) is 34.5 Å². The van der Waals surface area contributed by atoms with E-state index in [1.807, 2.05) is 48.2 Å². The first kappa shape index (κ1) is 25.0. The topological polar surface area (TPSA) is 72.3 Å². The molecule has 1 aliphatic heterocycles. The van der Waals surface area contributed by atoms with Crippen LogP contribution in [0.3, 0.4) is 0 Å². The molecule has 6 nitrogen and oxygen atoms in total. The number of benzene rings is 3. The molecule has 1 fully saturated rings. The maximum absolute atomic E-state index is 13.5. The summed E-state index contributed by atoms with van der Waals surface area (Å²) < 4.78 is 25.6. The molecule has 37 heavy (non-hydrogen) atoms. The number of aryl methyl sites for hydroxylation is 1. The fourth-order valence-corrected chi connectivity index (χ4v) is 5.53. The molecule has 1 saturated heterocycles. The number of carbonyl (C=O) groups excluding carboxylic acids is 1. The SMILES string of the molecule is Cc1ccc(-c2cc(C(=O)N3CCC(Cc4ccccc4)CC3)nn2-c2ccc(S(C)(=O)=O)cc2)cc1. The number of aromatic nitrogens is 2. The summed E-state index contributed by atoms with van der Waals surface area (Å²) in [5.74, 6) is 0.499. The summed E-state index contributed by atoms with van der Waals surface area (Å²) in [7, 11) is -3.31. The van der Waals surface area contributed by atoms with Crippen molar-refractivity contribution in [3.63, 3.8) is 0 Å². The molecular formula is C30H31N3O3S. The van der Waals surface area contributed by atoms with E-state index < -0.39 is 9.84 Å². The zero-order chi connectivity index (χ0) is 26.0. The van der Waals surface area contributed by atoms with Gasteiger partial charge < -0.3 is 4.90 Å². The van der Waals surface area contributed by atoms with Crippen LogP contribution < -0.4 is 0 Å². The molecule has 190 valence electrons. The molecule has 1 aromatic heterocycles. The van der Waals surface area contributed by atoms with Crippen LogP contribution in [0.15, 0.2) is 89.8 Å². The third-order valence-corrected chi connectivity index (χ3v) is 8.18. The van der Waals surface area contributed by atoms with Crippen molar-refractivity contribution in [1.82, 2.24) is 14.7 Å². The van der Waals surface area contributed by atoms with Gasteiger partial charge in [0.2, 0.25) is 0 Å². The van der Waals surface area contributed by atoms with Gasteiger partial charge in [0, 0.05) is 24.9 Å². The Bertz CT molecular complexity index is 1480. The molecule has 4 aromatic rings. The predicted molar refractivity (Wildman–Crippen MR) is 146 cm³/mol. The average Bonchev–Trinajstić information content (AvgIpc) is 3.35. The smallest absolute Gasteiger partial charge is 0.274 e. The third kappa shape index (κ3) is 5.67. The van der Waals surface area contributed by atoms with Gasteiger partial charge in [-0.05, 0) is 68.0 Å². The number of hydrogen-bond acceptors (Lipinski definition) is 4. The summed E-state index contributed by atoms with van der Waals surface area (Å²) >= 11 is 0. The Balaban J connectivity index is 1.39. The lowest BCUT2D eigenvalue weighted by atomic mass is 9.90. The quantitative estimate of drug-likeness (QED) is 0.349. The summed E-state index contributed by atoms with van der Waals surface area (Å²) in [6.07, 6.45) is 4.17. The van der Waals surface area contributed by atoms with Crippen LogP contribution in [0.2, 0.25) is 0 Å². The van der Waals surface area contributed by atoms with Crippen LogP contribution in [0.25, 0.3) is 16.9 Å². The number of likely N-dealkylation sites (tertiary alicyclic amines) is 1. The Hall–Kier alpha value is -3.71. The number of piperidine rings is 1. The van der Waals surface area contributed by atoms with Gasteiger partial charge in [0.15, 0.2) is 15.5 Å². The Morgan fingerprint density at radius 2 is 1.57 bits per heavy atom. The monoisotopic (exact) mass is 513 g/mol. The normalized spacial score (nSPS) is 14.6. The van der Waals surface area contributed by atoms with E-state index in [-0.39, 0.29) is 10.8 Å². The number of sulfone groups is 1. The second-order valence-corrected chi connectivity index (χ2v) is 11.9. The molecule has 5 rings (SSSR count). The van der Waals surface area contributed by atoms with Gasteiger partial charge in [-0.2, -0.15) is 5.10 Å². The fraction of sp³-hybridized carbons (Fsp3) is 0.267. The third-order valence-electron chi connectivity index (χ3n) is 7.05. The first-order valence-electron chi connectivity index (χ1n) is 12.6. The van der Waals surface area contributed by atoms with Crippen LogP contribution in [-0.2, 0) is 16.3 Å². The second kappa shape index (κ2) is 10.3. The second-order valence-electron chi connectivity index (χ2n) is 9.88. The van der Waals surface area contributed by atoms with Gasteiger partial charge in [-0.15, -0.1) is 0 Å². The number of rotatable bonds is 6. The number of amides is 1. The minimum atomic E-state index is -3.31. The number of carbonyl (C=O) groups is 1. The van der Waals surface area contributed by atoms with Crippen molar-refractivity contribution in [2.24, 2.45) is 5.92 Å². The highest BCUT2D eigenvalue weighted by atomic mass is 32.2. The van der Waals surface area contributed by atoms with E-state index >= 15 is 0 Å². The average molecular weight is 514 g/mol. The van der Waals surface area contributed by atoms with Gasteiger partial charge in [0.25, 0.3) is 5.91 Å². The van der Waals surface area contributed by atoms with E-state index in [1.165, 1.54) is 11.8 Å². The van der Waals surface area contributed by atoms with Gasteiger partial charge in [-0.1, -0.05) is 60.2 Å². The van der Waals surface area contributed by atoms with E-state index in [4.69, 9.17) is 5.10 Å². The highest BCUT2D eigenvalue weighted by Crippen LogP contribution is 2.27. The zero-order valence-electron chi connectivity index (χ0n) is 21.2.